The van der Waals surface area contributed by atoms with E-state index in [9.17, 15) is 5.26 Å². The normalized spacial score (nSPS) is 19.8. The topological polar surface area (TPSA) is 67.0 Å². The maximum atomic E-state index is 9.42. The SMILES string of the molecule is C[Si](C)(C)CCOCn1c2cnc(C#N)cc2c2ccc(-c3ccc(CN4C5CCCC4CC5)cc3)nc21. The molecular formula is C31H37N5OSi. The van der Waals surface area contributed by atoms with Crippen LogP contribution in [0, 0.1) is 11.3 Å². The Bertz CT molecular complexity index is 1480. The molecule has 2 aliphatic rings. The Balaban J connectivity index is 1.29. The van der Waals surface area contributed by atoms with Gasteiger partial charge in [-0.3, -0.25) is 9.47 Å². The number of nitriles is 1. The van der Waals surface area contributed by atoms with Crippen LogP contribution < -0.4 is 0 Å². The van der Waals surface area contributed by atoms with Crippen LogP contribution in [0.15, 0.2) is 48.7 Å². The molecule has 6 rings (SSSR count). The van der Waals surface area contributed by atoms with E-state index in [0.717, 1.165) is 64.5 Å². The predicted molar refractivity (Wildman–Crippen MR) is 155 cm³/mol. The number of benzene rings is 1. The second-order valence-corrected chi connectivity index (χ2v) is 17.8. The molecule has 0 aliphatic carbocycles. The molecule has 0 N–H and O–H groups in total. The zero-order valence-electron chi connectivity index (χ0n) is 22.8. The first kappa shape index (κ1) is 25.2. The highest BCUT2D eigenvalue weighted by molar-refractivity contribution is 6.76. The molecule has 2 atom stereocenters. The Hall–Kier alpha value is -3.05. The number of aromatic nitrogens is 3. The van der Waals surface area contributed by atoms with Gasteiger partial charge < -0.3 is 4.74 Å². The largest absolute Gasteiger partial charge is 0.361 e. The fourth-order valence-corrected chi connectivity index (χ4v) is 6.97. The lowest BCUT2D eigenvalue weighted by Crippen LogP contribution is -2.38. The summed E-state index contributed by atoms with van der Waals surface area (Å²) >= 11 is 0. The first-order valence-corrected chi connectivity index (χ1v) is 17.7. The first-order chi connectivity index (χ1) is 18.4. The number of ether oxygens (including phenoxy) is 1. The molecule has 7 heteroatoms. The van der Waals surface area contributed by atoms with Crippen LogP contribution in [-0.2, 0) is 18.0 Å². The lowest BCUT2D eigenvalue weighted by molar-refractivity contribution is 0.0925. The third kappa shape index (κ3) is 5.01. The van der Waals surface area contributed by atoms with Crippen molar-refractivity contribution in [3.8, 4) is 17.3 Å². The number of rotatable bonds is 8. The van der Waals surface area contributed by atoms with Gasteiger partial charge in [0.15, 0.2) is 0 Å². The second kappa shape index (κ2) is 10.3. The molecule has 0 spiro atoms. The number of piperidine rings is 1. The van der Waals surface area contributed by atoms with Crippen LogP contribution in [0.2, 0.25) is 25.7 Å². The zero-order valence-corrected chi connectivity index (χ0v) is 23.8. The fourth-order valence-electron chi connectivity index (χ4n) is 6.22. The molecule has 2 bridgehead atoms. The van der Waals surface area contributed by atoms with Gasteiger partial charge in [-0.2, -0.15) is 5.26 Å². The van der Waals surface area contributed by atoms with Crippen LogP contribution in [0.25, 0.3) is 33.2 Å². The van der Waals surface area contributed by atoms with Crippen molar-refractivity contribution >= 4 is 30.0 Å². The minimum Gasteiger partial charge on any atom is -0.361 e. The van der Waals surface area contributed by atoms with Gasteiger partial charge in [0.2, 0.25) is 0 Å². The lowest BCUT2D eigenvalue weighted by atomic mass is 10.0. The Morgan fingerprint density at radius 2 is 1.76 bits per heavy atom. The molecule has 2 aliphatic heterocycles. The van der Waals surface area contributed by atoms with Crippen LogP contribution in [0.5, 0.6) is 0 Å². The Morgan fingerprint density at radius 3 is 2.47 bits per heavy atom. The first-order valence-electron chi connectivity index (χ1n) is 14.0. The maximum Gasteiger partial charge on any atom is 0.143 e. The predicted octanol–water partition coefficient (Wildman–Crippen LogP) is 6.95. The highest BCUT2D eigenvalue weighted by Gasteiger charge is 2.36. The van der Waals surface area contributed by atoms with E-state index in [4.69, 9.17) is 9.72 Å². The monoisotopic (exact) mass is 523 g/mol. The fraction of sp³-hybridized carbons (Fsp3) is 0.452. The van der Waals surface area contributed by atoms with Gasteiger partial charge in [0.25, 0.3) is 0 Å². The molecular weight excluding hydrogens is 486 g/mol. The smallest absolute Gasteiger partial charge is 0.143 e. The highest BCUT2D eigenvalue weighted by Crippen LogP contribution is 2.37. The molecule has 4 aromatic rings. The van der Waals surface area contributed by atoms with E-state index in [1.807, 2.05) is 6.07 Å². The standard InChI is InChI=1S/C31H37N5OSi/c1-38(2,3)16-15-37-21-36-30-19-33-24(18-32)17-28(30)27-13-14-29(34-31(27)36)23-9-7-22(8-10-23)20-35-25-5-4-6-26(35)12-11-25/h7-10,13-14,17,19,25-26H,4-6,11-12,15-16,20-21H2,1-3H3. The van der Waals surface area contributed by atoms with E-state index in [1.54, 1.807) is 6.20 Å². The van der Waals surface area contributed by atoms with Crippen molar-refractivity contribution < 1.29 is 4.74 Å². The zero-order chi connectivity index (χ0) is 26.3. The molecule has 6 nitrogen and oxygen atoms in total. The summed E-state index contributed by atoms with van der Waals surface area (Å²) in [6, 6.07) is 19.9. The van der Waals surface area contributed by atoms with Crippen LogP contribution in [0.4, 0.5) is 0 Å². The van der Waals surface area contributed by atoms with Crippen molar-refractivity contribution in [2.75, 3.05) is 6.61 Å². The minimum absolute atomic E-state index is 0.415. The summed E-state index contributed by atoms with van der Waals surface area (Å²) in [5, 5.41) is 11.4. The van der Waals surface area contributed by atoms with E-state index in [2.05, 4.69) is 76.6 Å². The summed E-state index contributed by atoms with van der Waals surface area (Å²) in [7, 11) is -1.18. The van der Waals surface area contributed by atoms with Crippen LogP contribution in [0.3, 0.4) is 0 Å². The molecule has 1 aromatic carbocycles. The molecule has 0 saturated carbocycles. The number of hydrogen-bond donors (Lipinski definition) is 0. The molecule has 2 saturated heterocycles. The summed E-state index contributed by atoms with van der Waals surface area (Å²) in [5.41, 5.74) is 5.68. The van der Waals surface area contributed by atoms with Crippen LogP contribution >= 0.6 is 0 Å². The number of hydrogen-bond acceptors (Lipinski definition) is 5. The third-order valence-corrected chi connectivity index (χ3v) is 10.1. The molecule has 2 fully saturated rings. The maximum absolute atomic E-state index is 9.42. The summed E-state index contributed by atoms with van der Waals surface area (Å²) in [6.45, 7) is 9.30. The molecule has 38 heavy (non-hydrogen) atoms. The quantitative estimate of drug-likeness (QED) is 0.185. The van der Waals surface area contributed by atoms with Gasteiger partial charge in [0, 0.05) is 49.6 Å². The summed E-state index contributed by atoms with van der Waals surface area (Å²) < 4.78 is 8.25. The third-order valence-electron chi connectivity index (χ3n) is 8.39. The van der Waals surface area contributed by atoms with E-state index >= 15 is 0 Å². The lowest BCUT2D eigenvalue weighted by Gasteiger charge is -2.34. The van der Waals surface area contributed by atoms with Gasteiger partial charge in [-0.25, -0.2) is 9.97 Å². The van der Waals surface area contributed by atoms with Crippen molar-refractivity contribution in [1.29, 1.82) is 5.26 Å². The molecule has 0 radical (unpaired) electrons. The van der Waals surface area contributed by atoms with E-state index in [1.165, 1.54) is 37.7 Å². The van der Waals surface area contributed by atoms with Crippen molar-refractivity contribution in [2.45, 2.75) is 83.1 Å². The summed E-state index contributed by atoms with van der Waals surface area (Å²) in [4.78, 5) is 12.2. The number of fused-ring (bicyclic) bond motifs is 5. The van der Waals surface area contributed by atoms with Gasteiger partial charge in [-0.15, -0.1) is 0 Å². The molecule has 5 heterocycles. The van der Waals surface area contributed by atoms with Crippen molar-refractivity contribution in [1.82, 2.24) is 19.4 Å². The van der Waals surface area contributed by atoms with Gasteiger partial charge in [0.05, 0.1) is 17.4 Å². The van der Waals surface area contributed by atoms with Crippen LogP contribution in [-0.4, -0.2) is 46.2 Å². The van der Waals surface area contributed by atoms with Gasteiger partial charge >= 0.3 is 0 Å². The number of nitrogens with zero attached hydrogens (tertiary/aromatic N) is 5. The van der Waals surface area contributed by atoms with E-state index in [0.29, 0.717) is 12.4 Å². The van der Waals surface area contributed by atoms with Crippen molar-refractivity contribution in [3.05, 3.63) is 59.9 Å². The van der Waals surface area contributed by atoms with Crippen molar-refractivity contribution in [2.24, 2.45) is 0 Å². The molecule has 196 valence electrons. The van der Waals surface area contributed by atoms with Gasteiger partial charge in [0.1, 0.15) is 24.1 Å². The van der Waals surface area contributed by atoms with Gasteiger partial charge in [-0.05, 0) is 55.5 Å². The van der Waals surface area contributed by atoms with Crippen molar-refractivity contribution in [3.63, 3.8) is 0 Å². The molecule has 2 unspecified atom stereocenters. The summed E-state index contributed by atoms with van der Waals surface area (Å²) in [5.74, 6) is 0. The highest BCUT2D eigenvalue weighted by atomic mass is 28.3. The Morgan fingerprint density at radius 1 is 1.00 bits per heavy atom. The number of pyridine rings is 2. The van der Waals surface area contributed by atoms with Gasteiger partial charge in [-0.1, -0.05) is 50.3 Å². The van der Waals surface area contributed by atoms with E-state index < -0.39 is 8.07 Å². The average Bonchev–Trinajstić information content (AvgIpc) is 3.32. The van der Waals surface area contributed by atoms with E-state index in [-0.39, 0.29) is 0 Å². The minimum atomic E-state index is -1.18. The average molecular weight is 524 g/mol. The molecule has 0 amide bonds. The second-order valence-electron chi connectivity index (χ2n) is 12.2. The van der Waals surface area contributed by atoms with Crippen LogP contribution in [0.1, 0.15) is 43.4 Å². The Kier molecular flexibility index (Phi) is 6.81. The Labute approximate surface area is 226 Å². The summed E-state index contributed by atoms with van der Waals surface area (Å²) in [6.07, 6.45) is 8.63. The molecule has 3 aromatic heterocycles.